The second-order valence-corrected chi connectivity index (χ2v) is 5.14. The summed E-state index contributed by atoms with van der Waals surface area (Å²) in [5.74, 6) is 0.0575. The lowest BCUT2D eigenvalue weighted by Gasteiger charge is -2.16. The molecule has 1 saturated heterocycles. The number of benzene rings is 1. The number of likely N-dealkylation sites (tertiary alicyclic amines) is 1. The summed E-state index contributed by atoms with van der Waals surface area (Å²) in [6.07, 6.45) is 1.15. The van der Waals surface area contributed by atoms with Gasteiger partial charge in [0.2, 0.25) is 5.91 Å². The van der Waals surface area contributed by atoms with E-state index in [1.54, 1.807) is 23.1 Å². The van der Waals surface area contributed by atoms with Crippen LogP contribution in [0.5, 0.6) is 0 Å². The normalized spacial score (nSPS) is 19.7. The molecule has 1 fully saturated rings. The summed E-state index contributed by atoms with van der Waals surface area (Å²) < 4.78 is 0. The number of nitrogens with two attached hydrogens (primary N) is 1. The Labute approximate surface area is 110 Å². The summed E-state index contributed by atoms with van der Waals surface area (Å²) in [4.78, 5) is 13.8. The van der Waals surface area contributed by atoms with Crippen LogP contribution in [-0.2, 0) is 11.2 Å². The van der Waals surface area contributed by atoms with Crippen molar-refractivity contribution in [1.29, 1.82) is 0 Å². The van der Waals surface area contributed by atoms with Crippen molar-refractivity contribution in [3.63, 3.8) is 0 Å². The van der Waals surface area contributed by atoms with Gasteiger partial charge in [-0.1, -0.05) is 23.2 Å². The molecular formula is C12H14Cl2N2O. The summed E-state index contributed by atoms with van der Waals surface area (Å²) in [6.45, 7) is 1.37. The first-order valence-electron chi connectivity index (χ1n) is 5.53. The van der Waals surface area contributed by atoms with Crippen molar-refractivity contribution in [1.82, 2.24) is 4.90 Å². The minimum absolute atomic E-state index is 0.0575. The van der Waals surface area contributed by atoms with E-state index in [1.807, 2.05) is 0 Å². The molecule has 17 heavy (non-hydrogen) atoms. The van der Waals surface area contributed by atoms with Crippen LogP contribution in [0.3, 0.4) is 0 Å². The quantitative estimate of drug-likeness (QED) is 0.896. The fourth-order valence-electron chi connectivity index (χ4n) is 1.97. The second kappa shape index (κ2) is 5.25. The fourth-order valence-corrected chi connectivity index (χ4v) is 2.35. The van der Waals surface area contributed by atoms with Crippen molar-refractivity contribution in [2.45, 2.75) is 18.9 Å². The predicted octanol–water partition coefficient (Wildman–Crippen LogP) is 2.10. The van der Waals surface area contributed by atoms with Crippen LogP contribution in [-0.4, -0.2) is 29.9 Å². The van der Waals surface area contributed by atoms with Gasteiger partial charge in [0.15, 0.2) is 0 Å². The van der Waals surface area contributed by atoms with Gasteiger partial charge in [0.25, 0.3) is 0 Å². The van der Waals surface area contributed by atoms with Crippen LogP contribution >= 0.6 is 23.2 Å². The lowest BCUT2D eigenvalue weighted by Crippen LogP contribution is -2.32. The molecule has 5 heteroatoms. The largest absolute Gasteiger partial charge is 0.341 e. The molecule has 0 saturated carbocycles. The SMILES string of the molecule is N[C@H]1CCN(C(=O)Cc2cc(Cl)ccc2Cl)C1. The van der Waals surface area contributed by atoms with Gasteiger partial charge in [-0.05, 0) is 30.2 Å². The summed E-state index contributed by atoms with van der Waals surface area (Å²) in [5, 5.41) is 1.17. The highest BCUT2D eigenvalue weighted by Gasteiger charge is 2.23. The van der Waals surface area contributed by atoms with Crippen molar-refractivity contribution in [2.75, 3.05) is 13.1 Å². The topological polar surface area (TPSA) is 46.3 Å². The second-order valence-electron chi connectivity index (χ2n) is 4.30. The van der Waals surface area contributed by atoms with Crippen LogP contribution in [0.2, 0.25) is 10.0 Å². The van der Waals surface area contributed by atoms with E-state index >= 15 is 0 Å². The first kappa shape index (κ1) is 12.7. The van der Waals surface area contributed by atoms with Gasteiger partial charge in [0.1, 0.15) is 0 Å². The molecule has 1 aliphatic heterocycles. The Morgan fingerprint density at radius 1 is 1.47 bits per heavy atom. The van der Waals surface area contributed by atoms with E-state index in [4.69, 9.17) is 28.9 Å². The van der Waals surface area contributed by atoms with Crippen molar-refractivity contribution < 1.29 is 4.79 Å². The first-order valence-corrected chi connectivity index (χ1v) is 6.29. The summed E-state index contributed by atoms with van der Waals surface area (Å²) in [7, 11) is 0. The third kappa shape index (κ3) is 3.12. The highest BCUT2D eigenvalue weighted by atomic mass is 35.5. The molecule has 1 aliphatic rings. The van der Waals surface area contributed by atoms with Crippen molar-refractivity contribution in [3.05, 3.63) is 33.8 Å². The number of carbonyl (C=O) groups is 1. The highest BCUT2D eigenvalue weighted by molar-refractivity contribution is 6.33. The molecule has 92 valence electrons. The minimum atomic E-state index is 0.0575. The zero-order valence-corrected chi connectivity index (χ0v) is 10.8. The predicted molar refractivity (Wildman–Crippen MR) is 69.3 cm³/mol. The van der Waals surface area contributed by atoms with Crippen LogP contribution in [0, 0.1) is 0 Å². The van der Waals surface area contributed by atoms with E-state index in [9.17, 15) is 4.79 Å². The molecule has 0 spiro atoms. The third-order valence-corrected chi connectivity index (χ3v) is 3.53. The molecule has 0 aromatic heterocycles. The molecule has 1 heterocycles. The van der Waals surface area contributed by atoms with Crippen LogP contribution in [0.15, 0.2) is 18.2 Å². The smallest absolute Gasteiger partial charge is 0.227 e. The number of halogens is 2. The van der Waals surface area contributed by atoms with Crippen molar-refractivity contribution in [2.24, 2.45) is 5.73 Å². The van der Waals surface area contributed by atoms with Crippen molar-refractivity contribution in [3.8, 4) is 0 Å². The maximum absolute atomic E-state index is 12.0. The number of rotatable bonds is 2. The maximum Gasteiger partial charge on any atom is 0.227 e. The van der Waals surface area contributed by atoms with Gasteiger partial charge in [-0.3, -0.25) is 4.79 Å². The molecule has 1 amide bonds. The zero-order valence-electron chi connectivity index (χ0n) is 9.33. The minimum Gasteiger partial charge on any atom is -0.341 e. The molecule has 1 atom stereocenters. The number of carbonyl (C=O) groups excluding carboxylic acids is 1. The van der Waals surface area contributed by atoms with Gasteiger partial charge < -0.3 is 10.6 Å². The molecule has 3 nitrogen and oxygen atoms in total. The van der Waals surface area contributed by atoms with E-state index < -0.39 is 0 Å². The fraction of sp³-hybridized carbons (Fsp3) is 0.417. The van der Waals surface area contributed by atoms with Gasteiger partial charge in [-0.25, -0.2) is 0 Å². The van der Waals surface area contributed by atoms with Crippen LogP contribution < -0.4 is 5.73 Å². The van der Waals surface area contributed by atoms with E-state index in [-0.39, 0.29) is 18.4 Å². The van der Waals surface area contributed by atoms with E-state index in [0.717, 1.165) is 18.5 Å². The molecule has 0 bridgehead atoms. The number of nitrogens with zero attached hydrogens (tertiary/aromatic N) is 1. The molecule has 2 N–H and O–H groups in total. The third-order valence-electron chi connectivity index (χ3n) is 2.93. The molecule has 2 rings (SSSR count). The van der Waals surface area contributed by atoms with Crippen LogP contribution in [0.1, 0.15) is 12.0 Å². The number of hydrogen-bond donors (Lipinski definition) is 1. The molecule has 0 unspecified atom stereocenters. The molecule has 1 aromatic rings. The zero-order chi connectivity index (χ0) is 12.4. The number of hydrogen-bond acceptors (Lipinski definition) is 2. The van der Waals surface area contributed by atoms with E-state index in [1.165, 1.54) is 0 Å². The Morgan fingerprint density at radius 2 is 2.24 bits per heavy atom. The Bertz CT molecular complexity index is 437. The number of amides is 1. The van der Waals surface area contributed by atoms with Gasteiger partial charge in [-0.2, -0.15) is 0 Å². The summed E-state index contributed by atoms with van der Waals surface area (Å²) in [6, 6.07) is 5.26. The maximum atomic E-state index is 12.0. The Morgan fingerprint density at radius 3 is 2.88 bits per heavy atom. The van der Waals surface area contributed by atoms with Crippen LogP contribution in [0.25, 0.3) is 0 Å². The highest BCUT2D eigenvalue weighted by Crippen LogP contribution is 2.22. The monoisotopic (exact) mass is 272 g/mol. The Hall–Kier alpha value is -0.770. The average Bonchev–Trinajstić information content (AvgIpc) is 2.70. The Balaban J connectivity index is 2.05. The van der Waals surface area contributed by atoms with E-state index in [0.29, 0.717) is 16.6 Å². The lowest BCUT2D eigenvalue weighted by molar-refractivity contribution is -0.129. The molecule has 0 radical (unpaired) electrons. The average molecular weight is 273 g/mol. The van der Waals surface area contributed by atoms with Crippen molar-refractivity contribution >= 4 is 29.1 Å². The van der Waals surface area contributed by atoms with Gasteiger partial charge in [0.05, 0.1) is 6.42 Å². The molecule has 1 aromatic carbocycles. The molecular weight excluding hydrogens is 259 g/mol. The Kier molecular flexibility index (Phi) is 3.92. The first-order chi connectivity index (χ1) is 8.06. The standard InChI is InChI=1S/C12H14Cl2N2O/c13-9-1-2-11(14)8(5-9)6-12(17)16-4-3-10(15)7-16/h1-2,5,10H,3-4,6-7,15H2/t10-/m0/s1. The van der Waals surface area contributed by atoms with Gasteiger partial charge in [-0.15, -0.1) is 0 Å². The lowest BCUT2D eigenvalue weighted by atomic mass is 10.1. The van der Waals surface area contributed by atoms with Gasteiger partial charge in [0, 0.05) is 29.2 Å². The van der Waals surface area contributed by atoms with Crippen LogP contribution in [0.4, 0.5) is 0 Å². The summed E-state index contributed by atoms with van der Waals surface area (Å²) >= 11 is 11.9. The van der Waals surface area contributed by atoms with E-state index in [2.05, 4.69) is 0 Å². The van der Waals surface area contributed by atoms with Gasteiger partial charge >= 0.3 is 0 Å². The molecule has 0 aliphatic carbocycles. The summed E-state index contributed by atoms with van der Waals surface area (Å²) in [5.41, 5.74) is 6.54.